The van der Waals surface area contributed by atoms with Crippen molar-refractivity contribution in [3.8, 4) is 17.2 Å². The number of ether oxygens (including phenoxy) is 4. The maximum Gasteiger partial charge on any atom is 0.203 e. The van der Waals surface area contributed by atoms with Crippen molar-refractivity contribution in [1.82, 2.24) is 4.98 Å². The van der Waals surface area contributed by atoms with E-state index < -0.39 is 6.10 Å². The van der Waals surface area contributed by atoms with Crippen LogP contribution in [0.2, 0.25) is 0 Å². The standard InChI is InChI=1S/C23H24N2O5/c1-27-20-9-15(10-21(28-2)23(20)30-4)12-24-14-19(26)22(29-3)17-11-16-7-5-6-8-18(16)25-13-17/h5-13,22H,14H2,1-4H3. The number of hydrogen-bond donors (Lipinski definition) is 0. The second-order valence-electron chi connectivity index (χ2n) is 6.47. The number of carbonyl (C=O) groups is 1. The Morgan fingerprint density at radius 1 is 1.03 bits per heavy atom. The Hall–Kier alpha value is -3.45. The van der Waals surface area contributed by atoms with Gasteiger partial charge in [-0.1, -0.05) is 18.2 Å². The van der Waals surface area contributed by atoms with Gasteiger partial charge < -0.3 is 18.9 Å². The third-order valence-corrected chi connectivity index (χ3v) is 4.62. The van der Waals surface area contributed by atoms with Crippen LogP contribution in [0.4, 0.5) is 0 Å². The normalized spacial score (nSPS) is 12.1. The molecular formula is C23H24N2O5. The van der Waals surface area contributed by atoms with Gasteiger partial charge in [0.1, 0.15) is 12.6 Å². The summed E-state index contributed by atoms with van der Waals surface area (Å²) >= 11 is 0. The minimum absolute atomic E-state index is 0.0397. The molecule has 3 rings (SSSR count). The smallest absolute Gasteiger partial charge is 0.203 e. The number of benzene rings is 2. The highest BCUT2D eigenvalue weighted by atomic mass is 16.5. The van der Waals surface area contributed by atoms with Gasteiger partial charge in [-0.25, -0.2) is 0 Å². The predicted octanol–water partition coefficient (Wildman–Crippen LogP) is 3.64. The number of para-hydroxylation sites is 1. The molecular weight excluding hydrogens is 384 g/mol. The maximum atomic E-state index is 12.7. The van der Waals surface area contributed by atoms with E-state index in [9.17, 15) is 4.79 Å². The zero-order chi connectivity index (χ0) is 21.5. The predicted molar refractivity (Wildman–Crippen MR) is 115 cm³/mol. The van der Waals surface area contributed by atoms with E-state index >= 15 is 0 Å². The van der Waals surface area contributed by atoms with Crippen LogP contribution in [-0.2, 0) is 9.53 Å². The number of aliphatic imine (C=N–C) groups is 1. The summed E-state index contributed by atoms with van der Waals surface area (Å²) in [5, 5.41) is 0.950. The first kappa shape index (κ1) is 21.3. The molecule has 7 heteroatoms. The second kappa shape index (κ2) is 9.84. The van der Waals surface area contributed by atoms with Gasteiger partial charge in [-0.05, 0) is 29.8 Å². The molecule has 0 bridgehead atoms. The number of carbonyl (C=O) groups excluding carboxylic acids is 1. The fourth-order valence-corrected chi connectivity index (χ4v) is 3.18. The van der Waals surface area contributed by atoms with Crippen molar-refractivity contribution in [1.29, 1.82) is 0 Å². The van der Waals surface area contributed by atoms with Gasteiger partial charge in [0.05, 0.1) is 26.8 Å². The van der Waals surface area contributed by atoms with Crippen LogP contribution in [0.5, 0.6) is 17.2 Å². The van der Waals surface area contributed by atoms with Crippen LogP contribution in [0.3, 0.4) is 0 Å². The van der Waals surface area contributed by atoms with E-state index in [4.69, 9.17) is 18.9 Å². The molecule has 30 heavy (non-hydrogen) atoms. The summed E-state index contributed by atoms with van der Waals surface area (Å²) in [5.74, 6) is 1.36. The Morgan fingerprint density at radius 2 is 1.73 bits per heavy atom. The minimum Gasteiger partial charge on any atom is -0.493 e. The molecule has 0 radical (unpaired) electrons. The average molecular weight is 408 g/mol. The van der Waals surface area contributed by atoms with Crippen molar-refractivity contribution < 1.29 is 23.7 Å². The molecule has 0 fully saturated rings. The molecule has 0 aliphatic rings. The summed E-state index contributed by atoms with van der Waals surface area (Å²) < 4.78 is 21.4. The number of rotatable bonds is 9. The Morgan fingerprint density at radius 3 is 2.37 bits per heavy atom. The Kier molecular flexibility index (Phi) is 6.98. The van der Waals surface area contributed by atoms with E-state index in [0.717, 1.165) is 16.5 Å². The van der Waals surface area contributed by atoms with Crippen LogP contribution in [0, 0.1) is 0 Å². The molecule has 1 aromatic heterocycles. The molecule has 0 saturated heterocycles. The number of fused-ring (bicyclic) bond motifs is 1. The minimum atomic E-state index is -0.737. The molecule has 3 aromatic rings. The lowest BCUT2D eigenvalue weighted by Crippen LogP contribution is -2.17. The molecule has 0 aliphatic carbocycles. The van der Waals surface area contributed by atoms with E-state index in [1.54, 1.807) is 45.9 Å². The van der Waals surface area contributed by atoms with Gasteiger partial charge in [-0.3, -0.25) is 14.8 Å². The average Bonchev–Trinajstić information content (AvgIpc) is 2.78. The topological polar surface area (TPSA) is 79.2 Å². The van der Waals surface area contributed by atoms with E-state index in [1.165, 1.54) is 7.11 Å². The van der Waals surface area contributed by atoms with Gasteiger partial charge in [-0.2, -0.15) is 0 Å². The lowest BCUT2D eigenvalue weighted by Gasteiger charge is -2.14. The highest BCUT2D eigenvalue weighted by molar-refractivity contribution is 5.90. The van der Waals surface area contributed by atoms with Crippen LogP contribution in [0.15, 0.2) is 53.7 Å². The first-order valence-corrected chi connectivity index (χ1v) is 9.31. The number of ketones is 1. The lowest BCUT2D eigenvalue weighted by molar-refractivity contribution is -0.127. The molecule has 0 spiro atoms. The summed E-state index contributed by atoms with van der Waals surface area (Å²) in [6.45, 7) is -0.0397. The molecule has 0 amide bonds. The van der Waals surface area contributed by atoms with Gasteiger partial charge in [0.2, 0.25) is 5.75 Å². The quantitative estimate of drug-likeness (QED) is 0.503. The number of methoxy groups -OCH3 is 4. The molecule has 0 aliphatic heterocycles. The molecule has 2 aromatic carbocycles. The van der Waals surface area contributed by atoms with Crippen LogP contribution < -0.4 is 14.2 Å². The zero-order valence-electron chi connectivity index (χ0n) is 17.4. The molecule has 1 heterocycles. The SMILES string of the molecule is COc1cc(C=NCC(=O)C(OC)c2cnc3ccccc3c2)cc(OC)c1OC. The van der Waals surface area contributed by atoms with Gasteiger partial charge in [0, 0.05) is 30.5 Å². The Balaban J connectivity index is 1.76. The summed E-state index contributed by atoms with van der Waals surface area (Å²) in [5.41, 5.74) is 2.28. The number of Topliss-reactive ketones (excluding diaryl/α,β-unsaturated/α-hetero) is 1. The van der Waals surface area contributed by atoms with Crippen LogP contribution >= 0.6 is 0 Å². The van der Waals surface area contributed by atoms with Gasteiger partial charge in [-0.15, -0.1) is 0 Å². The van der Waals surface area contributed by atoms with E-state index in [-0.39, 0.29) is 12.3 Å². The van der Waals surface area contributed by atoms with Crippen molar-refractivity contribution in [2.45, 2.75) is 6.10 Å². The summed E-state index contributed by atoms with van der Waals surface area (Å²) in [7, 11) is 6.13. The zero-order valence-corrected chi connectivity index (χ0v) is 17.4. The molecule has 1 unspecified atom stereocenters. The van der Waals surface area contributed by atoms with Crippen LogP contribution in [-0.4, -0.2) is 52.0 Å². The van der Waals surface area contributed by atoms with Gasteiger partial charge in [0.15, 0.2) is 17.3 Å². The Labute approximate surface area is 175 Å². The summed E-state index contributed by atoms with van der Waals surface area (Å²) in [6, 6.07) is 13.2. The molecule has 7 nitrogen and oxygen atoms in total. The van der Waals surface area contributed by atoms with E-state index in [0.29, 0.717) is 22.8 Å². The van der Waals surface area contributed by atoms with Crippen molar-refractivity contribution in [2.24, 2.45) is 4.99 Å². The van der Waals surface area contributed by atoms with E-state index in [2.05, 4.69) is 9.98 Å². The van der Waals surface area contributed by atoms with Gasteiger partial charge in [0.25, 0.3) is 0 Å². The molecule has 156 valence electrons. The van der Waals surface area contributed by atoms with Crippen LogP contribution in [0.25, 0.3) is 10.9 Å². The van der Waals surface area contributed by atoms with Crippen molar-refractivity contribution in [3.63, 3.8) is 0 Å². The van der Waals surface area contributed by atoms with E-state index in [1.807, 2.05) is 30.3 Å². The first-order valence-electron chi connectivity index (χ1n) is 9.31. The monoisotopic (exact) mass is 408 g/mol. The molecule has 1 atom stereocenters. The Bertz CT molecular complexity index is 1040. The highest BCUT2D eigenvalue weighted by Gasteiger charge is 2.20. The second-order valence-corrected chi connectivity index (χ2v) is 6.47. The fraction of sp³-hybridized carbons (Fsp3) is 0.261. The number of aromatic nitrogens is 1. The van der Waals surface area contributed by atoms with Crippen LogP contribution in [0.1, 0.15) is 17.2 Å². The largest absolute Gasteiger partial charge is 0.493 e. The van der Waals surface area contributed by atoms with Crippen molar-refractivity contribution in [3.05, 3.63) is 59.8 Å². The third-order valence-electron chi connectivity index (χ3n) is 4.62. The fourth-order valence-electron chi connectivity index (χ4n) is 3.18. The number of pyridine rings is 1. The molecule has 0 N–H and O–H groups in total. The summed E-state index contributed by atoms with van der Waals surface area (Å²) in [6.07, 6.45) is 2.52. The number of nitrogens with zero attached hydrogens (tertiary/aromatic N) is 2. The molecule has 0 saturated carbocycles. The van der Waals surface area contributed by atoms with Crippen molar-refractivity contribution in [2.75, 3.05) is 35.0 Å². The number of hydrogen-bond acceptors (Lipinski definition) is 7. The highest BCUT2D eigenvalue weighted by Crippen LogP contribution is 2.37. The summed E-state index contributed by atoms with van der Waals surface area (Å²) in [4.78, 5) is 21.4. The third kappa shape index (κ3) is 4.58. The van der Waals surface area contributed by atoms with Crippen molar-refractivity contribution >= 4 is 22.9 Å². The first-order chi connectivity index (χ1) is 14.6. The lowest BCUT2D eigenvalue weighted by atomic mass is 10.1. The van der Waals surface area contributed by atoms with Gasteiger partial charge >= 0.3 is 0 Å². The maximum absolute atomic E-state index is 12.7.